The average Bonchev–Trinajstić information content (AvgIpc) is 2.63. The third-order valence-corrected chi connectivity index (χ3v) is 2.48. The lowest BCUT2D eigenvalue weighted by Crippen LogP contribution is -2.28. The van der Waals surface area contributed by atoms with Crippen LogP contribution in [-0.4, -0.2) is 16.8 Å². The van der Waals surface area contributed by atoms with Crippen LogP contribution >= 0.6 is 0 Å². The monoisotopic (exact) mass is 191 g/mol. The van der Waals surface area contributed by atoms with Gasteiger partial charge in [-0.15, -0.1) is 10.2 Å². The number of carbonyl (C=O) groups is 1. The topological polar surface area (TPSA) is 74.4 Å². The summed E-state index contributed by atoms with van der Waals surface area (Å²) in [5, 5.41) is 20.1. The van der Waals surface area contributed by atoms with Gasteiger partial charge in [0.1, 0.15) is 16.8 Å². The van der Waals surface area contributed by atoms with Crippen molar-refractivity contribution in [2.75, 3.05) is 0 Å². The Morgan fingerprint density at radius 3 is 3.07 bits per heavy atom. The van der Waals surface area contributed by atoms with Crippen LogP contribution < -0.4 is 0 Å². The van der Waals surface area contributed by atoms with Crippen LogP contribution in [-0.2, 0) is 4.79 Å². The van der Waals surface area contributed by atoms with E-state index in [0.717, 1.165) is 0 Å². The fourth-order valence-electron chi connectivity index (χ4n) is 1.47. The van der Waals surface area contributed by atoms with Gasteiger partial charge in [-0.05, 0) is 23.8 Å². The lowest BCUT2D eigenvalue weighted by atomic mass is 9.80. The van der Waals surface area contributed by atoms with Gasteiger partial charge in [0, 0.05) is 0 Å². The summed E-state index contributed by atoms with van der Waals surface area (Å²) in [6, 6.07) is 0. The van der Waals surface area contributed by atoms with E-state index in [9.17, 15) is 4.79 Å². The molecule has 1 unspecified atom stereocenters. The minimum Gasteiger partial charge on any atom is -0.480 e. The lowest BCUT2D eigenvalue weighted by Gasteiger charge is -2.22. The molecule has 0 aromatic heterocycles. The highest BCUT2D eigenvalue weighted by Crippen LogP contribution is 2.33. The first kappa shape index (κ1) is 8.80. The third-order valence-electron chi connectivity index (χ3n) is 2.48. The van der Waals surface area contributed by atoms with Crippen LogP contribution in [0.25, 0.3) is 0 Å². The molecular weight excluding hydrogens is 182 g/mol. The molecule has 5 nitrogen and oxygen atoms in total. The number of hydrogen-bond donors (Lipinski definition) is 1. The quantitative estimate of drug-likeness (QED) is 0.721. The van der Waals surface area contributed by atoms with Gasteiger partial charge in [0.25, 0.3) is 0 Å². The molecular formula is C9H9N3O2. The van der Waals surface area contributed by atoms with Gasteiger partial charge in [-0.25, -0.2) is 0 Å². The van der Waals surface area contributed by atoms with Gasteiger partial charge < -0.3 is 5.11 Å². The smallest absolute Gasteiger partial charge is 0.317 e. The van der Waals surface area contributed by atoms with E-state index in [2.05, 4.69) is 15.4 Å². The van der Waals surface area contributed by atoms with E-state index < -0.39 is 11.4 Å². The second-order valence-electron chi connectivity index (χ2n) is 3.24. The number of aliphatic carboxylic acids is 1. The van der Waals surface area contributed by atoms with Crippen LogP contribution in [0.4, 0.5) is 0 Å². The molecule has 0 aromatic carbocycles. The molecule has 1 N–H and O–H groups in total. The first-order valence-corrected chi connectivity index (χ1v) is 4.32. The van der Waals surface area contributed by atoms with Crippen LogP contribution in [0.3, 0.4) is 0 Å². The van der Waals surface area contributed by atoms with E-state index in [0.29, 0.717) is 17.8 Å². The van der Waals surface area contributed by atoms with Gasteiger partial charge in [0.05, 0.1) is 0 Å². The van der Waals surface area contributed by atoms with Crippen LogP contribution in [0.1, 0.15) is 13.3 Å². The van der Waals surface area contributed by atoms with Crippen molar-refractivity contribution >= 4 is 11.7 Å². The highest BCUT2D eigenvalue weighted by molar-refractivity contribution is 6.11. The van der Waals surface area contributed by atoms with Crippen molar-refractivity contribution in [3.05, 3.63) is 23.9 Å². The molecule has 0 amide bonds. The fraction of sp³-hybridized carbons (Fsp3) is 0.333. The number of carboxylic acids is 1. The van der Waals surface area contributed by atoms with E-state index in [1.54, 1.807) is 18.2 Å². The van der Waals surface area contributed by atoms with Crippen LogP contribution in [0.15, 0.2) is 39.4 Å². The summed E-state index contributed by atoms with van der Waals surface area (Å²) in [6.45, 7) is 1.82. The Morgan fingerprint density at radius 2 is 2.43 bits per heavy atom. The summed E-state index contributed by atoms with van der Waals surface area (Å²) in [6.07, 6.45) is 5.39. The fourth-order valence-corrected chi connectivity index (χ4v) is 1.47. The lowest BCUT2D eigenvalue weighted by molar-refractivity contribution is -0.143. The Balaban J connectivity index is 2.46. The molecule has 0 bridgehead atoms. The number of rotatable bonds is 2. The summed E-state index contributed by atoms with van der Waals surface area (Å²) in [7, 11) is 0. The largest absolute Gasteiger partial charge is 0.480 e. The zero-order chi connectivity index (χ0) is 10.2. The molecule has 14 heavy (non-hydrogen) atoms. The second kappa shape index (κ2) is 2.87. The molecule has 1 aliphatic carbocycles. The number of carboxylic acid groups (broad SMARTS) is 1. The molecule has 5 heteroatoms. The van der Waals surface area contributed by atoms with E-state index >= 15 is 0 Å². The summed E-state index contributed by atoms with van der Waals surface area (Å²) >= 11 is 0. The van der Waals surface area contributed by atoms with Gasteiger partial charge in [0.2, 0.25) is 0 Å². The summed E-state index contributed by atoms with van der Waals surface area (Å²) in [4.78, 5) is 11.1. The maximum absolute atomic E-state index is 11.1. The van der Waals surface area contributed by atoms with Crippen molar-refractivity contribution in [1.82, 2.24) is 0 Å². The van der Waals surface area contributed by atoms with E-state index in [1.807, 2.05) is 6.92 Å². The molecule has 1 heterocycles. The number of allylic oxidation sites excluding steroid dienone is 1. The molecule has 0 fully saturated rings. The van der Waals surface area contributed by atoms with Gasteiger partial charge in [-0.2, -0.15) is 0 Å². The zero-order valence-corrected chi connectivity index (χ0v) is 7.64. The number of nitrogens with zero attached hydrogens (tertiary/aromatic N) is 3. The second-order valence-corrected chi connectivity index (χ2v) is 3.24. The number of fused-ring (bicyclic) bond motifs is 1. The standard InChI is InChI=1S/C9H9N3O2/c1-2-9(8(13)14)4-3-6-7(5-9)11-12-10-6/h3-5H,2H2,1H3,(H,13,14). The Hall–Kier alpha value is -1.78. The minimum atomic E-state index is -0.947. The third kappa shape index (κ3) is 1.09. The van der Waals surface area contributed by atoms with Gasteiger partial charge in [-0.1, -0.05) is 13.0 Å². The minimum absolute atomic E-state index is 0.491. The highest BCUT2D eigenvalue weighted by atomic mass is 16.4. The Bertz CT molecular complexity index is 406. The predicted octanol–water partition coefficient (Wildman–Crippen LogP) is 1.74. The van der Waals surface area contributed by atoms with Crippen molar-refractivity contribution in [1.29, 1.82) is 0 Å². The van der Waals surface area contributed by atoms with Crippen molar-refractivity contribution in [2.24, 2.45) is 20.9 Å². The van der Waals surface area contributed by atoms with Crippen molar-refractivity contribution in [2.45, 2.75) is 13.3 Å². The maximum Gasteiger partial charge on any atom is 0.317 e. The Morgan fingerprint density at radius 1 is 1.64 bits per heavy atom. The van der Waals surface area contributed by atoms with E-state index in [-0.39, 0.29) is 0 Å². The molecule has 2 rings (SSSR count). The highest BCUT2D eigenvalue weighted by Gasteiger charge is 2.36. The molecule has 2 aliphatic rings. The Kier molecular flexibility index (Phi) is 1.80. The van der Waals surface area contributed by atoms with Crippen LogP contribution in [0.5, 0.6) is 0 Å². The van der Waals surface area contributed by atoms with Crippen molar-refractivity contribution in [3.63, 3.8) is 0 Å². The molecule has 0 saturated carbocycles. The molecule has 1 aliphatic heterocycles. The molecule has 0 saturated heterocycles. The average molecular weight is 191 g/mol. The number of hydrogen-bond acceptors (Lipinski definition) is 4. The zero-order valence-electron chi connectivity index (χ0n) is 7.64. The van der Waals surface area contributed by atoms with Gasteiger partial charge >= 0.3 is 5.97 Å². The molecule has 0 radical (unpaired) electrons. The van der Waals surface area contributed by atoms with Gasteiger partial charge in [0.15, 0.2) is 0 Å². The van der Waals surface area contributed by atoms with E-state index in [1.165, 1.54) is 0 Å². The van der Waals surface area contributed by atoms with Crippen molar-refractivity contribution < 1.29 is 9.90 Å². The predicted molar refractivity (Wildman–Crippen MR) is 49.9 cm³/mol. The summed E-state index contributed by atoms with van der Waals surface area (Å²) < 4.78 is 0. The first-order valence-electron chi connectivity index (χ1n) is 4.32. The molecule has 72 valence electrons. The van der Waals surface area contributed by atoms with Crippen LogP contribution in [0.2, 0.25) is 0 Å². The van der Waals surface area contributed by atoms with E-state index in [4.69, 9.17) is 5.11 Å². The first-order chi connectivity index (χ1) is 6.68. The molecule has 0 spiro atoms. The normalized spacial score (nSPS) is 28.4. The summed E-state index contributed by atoms with van der Waals surface area (Å²) in [5.41, 5.74) is 0.240. The molecule has 1 atom stereocenters. The summed E-state index contributed by atoms with van der Waals surface area (Å²) in [5.74, 6) is -0.870. The van der Waals surface area contributed by atoms with Gasteiger partial charge in [-0.3, -0.25) is 4.79 Å². The maximum atomic E-state index is 11.1. The van der Waals surface area contributed by atoms with Crippen LogP contribution in [0, 0.1) is 5.41 Å². The SMILES string of the molecule is CCC1(C(=O)O)C=CC2=NN=NC2=C1. The Labute approximate surface area is 80.5 Å². The molecule has 0 aromatic rings. The van der Waals surface area contributed by atoms with Crippen molar-refractivity contribution in [3.8, 4) is 0 Å².